The van der Waals surface area contributed by atoms with Crippen LogP contribution in [0.15, 0.2) is 29.1 Å². The Morgan fingerprint density at radius 3 is 2.88 bits per heavy atom. The fraction of sp³-hybridized carbons (Fsp3) is 0.100. The van der Waals surface area contributed by atoms with E-state index in [9.17, 15) is 4.79 Å². The molecule has 0 amide bonds. The molecule has 2 heterocycles. The van der Waals surface area contributed by atoms with Crippen molar-refractivity contribution >= 4 is 5.97 Å². The lowest BCUT2D eigenvalue weighted by atomic mass is 10.2. The third kappa shape index (κ3) is 1.72. The summed E-state index contributed by atoms with van der Waals surface area (Å²) in [6, 6.07) is 1.52. The van der Waals surface area contributed by atoms with Crippen molar-refractivity contribution in [2.24, 2.45) is 0 Å². The molecule has 0 atom stereocenters. The molecular formula is C10H8N2O4. The average molecular weight is 220 g/mol. The number of rotatable bonds is 3. The van der Waals surface area contributed by atoms with Gasteiger partial charge in [0.25, 0.3) is 0 Å². The zero-order chi connectivity index (χ0) is 11.5. The number of ether oxygens (including phenoxy) is 1. The Bertz CT molecular complexity index is 508. The molecule has 0 radical (unpaired) electrons. The van der Waals surface area contributed by atoms with Gasteiger partial charge in [0.2, 0.25) is 5.89 Å². The van der Waals surface area contributed by atoms with Crippen LogP contribution in [-0.4, -0.2) is 28.2 Å². The van der Waals surface area contributed by atoms with Gasteiger partial charge in [-0.15, -0.1) is 0 Å². The number of methoxy groups -OCH3 is 1. The van der Waals surface area contributed by atoms with E-state index in [-0.39, 0.29) is 17.1 Å². The number of hydrogen-bond donors (Lipinski definition) is 1. The molecule has 6 heteroatoms. The maximum Gasteiger partial charge on any atom is 0.355 e. The van der Waals surface area contributed by atoms with Crippen molar-refractivity contribution in [3.63, 3.8) is 0 Å². The van der Waals surface area contributed by atoms with Gasteiger partial charge in [0.05, 0.1) is 25.1 Å². The molecule has 0 saturated heterocycles. The summed E-state index contributed by atoms with van der Waals surface area (Å²) >= 11 is 0. The summed E-state index contributed by atoms with van der Waals surface area (Å²) in [5, 5.41) is 8.96. The fourth-order valence-corrected chi connectivity index (χ4v) is 1.25. The molecule has 0 aliphatic heterocycles. The molecule has 0 spiro atoms. The number of carboxylic acid groups (broad SMARTS) is 1. The van der Waals surface area contributed by atoms with Crippen LogP contribution in [-0.2, 0) is 0 Å². The van der Waals surface area contributed by atoms with Crippen molar-refractivity contribution in [1.82, 2.24) is 9.97 Å². The van der Waals surface area contributed by atoms with Crippen LogP contribution in [0, 0.1) is 0 Å². The smallest absolute Gasteiger partial charge is 0.355 e. The van der Waals surface area contributed by atoms with Gasteiger partial charge in [-0.2, -0.15) is 0 Å². The highest BCUT2D eigenvalue weighted by atomic mass is 16.5. The van der Waals surface area contributed by atoms with Crippen LogP contribution < -0.4 is 4.74 Å². The highest BCUT2D eigenvalue weighted by Gasteiger charge is 2.17. The second-order valence-corrected chi connectivity index (χ2v) is 2.91. The molecule has 2 aromatic heterocycles. The molecule has 0 unspecified atom stereocenters. The number of hydrogen-bond acceptors (Lipinski definition) is 5. The molecule has 2 rings (SSSR count). The Balaban J connectivity index is 2.59. The van der Waals surface area contributed by atoms with Gasteiger partial charge in [-0.1, -0.05) is 0 Å². The summed E-state index contributed by atoms with van der Waals surface area (Å²) in [4.78, 5) is 18.6. The van der Waals surface area contributed by atoms with Gasteiger partial charge >= 0.3 is 5.97 Å². The molecule has 0 bridgehead atoms. The molecule has 0 aliphatic rings. The number of aromatic carboxylic acids is 1. The van der Waals surface area contributed by atoms with Gasteiger partial charge in [0.1, 0.15) is 12.0 Å². The van der Waals surface area contributed by atoms with Gasteiger partial charge in [-0.05, 0) is 6.07 Å². The first kappa shape index (κ1) is 10.2. The van der Waals surface area contributed by atoms with E-state index < -0.39 is 5.97 Å². The fourth-order valence-electron chi connectivity index (χ4n) is 1.25. The van der Waals surface area contributed by atoms with Crippen LogP contribution in [0.5, 0.6) is 5.75 Å². The van der Waals surface area contributed by atoms with Crippen molar-refractivity contribution in [3.8, 4) is 17.2 Å². The molecule has 0 saturated carbocycles. The van der Waals surface area contributed by atoms with Gasteiger partial charge < -0.3 is 14.3 Å². The van der Waals surface area contributed by atoms with E-state index in [1.54, 1.807) is 0 Å². The molecule has 6 nitrogen and oxygen atoms in total. The maximum absolute atomic E-state index is 10.9. The average Bonchev–Trinajstić information content (AvgIpc) is 2.81. The molecule has 1 N–H and O–H groups in total. The van der Waals surface area contributed by atoms with Crippen LogP contribution >= 0.6 is 0 Å². The van der Waals surface area contributed by atoms with Gasteiger partial charge in [-0.25, -0.2) is 14.8 Å². The first-order valence-corrected chi connectivity index (χ1v) is 4.39. The Hall–Kier alpha value is -2.37. The van der Waals surface area contributed by atoms with Crippen LogP contribution in [0.4, 0.5) is 0 Å². The second kappa shape index (κ2) is 4.01. The lowest BCUT2D eigenvalue weighted by molar-refractivity contribution is 0.0691. The minimum atomic E-state index is -1.14. The van der Waals surface area contributed by atoms with E-state index in [1.165, 1.54) is 31.8 Å². The van der Waals surface area contributed by atoms with Crippen LogP contribution in [0.3, 0.4) is 0 Å². The Morgan fingerprint density at radius 2 is 2.31 bits per heavy atom. The lowest BCUT2D eigenvalue weighted by Gasteiger charge is -2.04. The lowest BCUT2D eigenvalue weighted by Crippen LogP contribution is -2.03. The summed E-state index contributed by atoms with van der Waals surface area (Å²) in [5.41, 5.74) is 0.167. The van der Waals surface area contributed by atoms with E-state index in [0.29, 0.717) is 5.75 Å². The SMILES string of the molecule is COc1cnc(C(=O)O)c(-c2ncco2)c1. The van der Waals surface area contributed by atoms with E-state index in [4.69, 9.17) is 14.3 Å². The first-order valence-electron chi connectivity index (χ1n) is 4.39. The van der Waals surface area contributed by atoms with E-state index in [0.717, 1.165) is 0 Å². The van der Waals surface area contributed by atoms with Crippen molar-refractivity contribution in [1.29, 1.82) is 0 Å². The molecule has 0 fully saturated rings. The third-order valence-electron chi connectivity index (χ3n) is 1.96. The molecule has 82 valence electrons. The number of nitrogens with zero attached hydrogens (tertiary/aromatic N) is 2. The zero-order valence-corrected chi connectivity index (χ0v) is 8.38. The number of pyridine rings is 1. The van der Waals surface area contributed by atoms with Gasteiger partial charge in [0, 0.05) is 0 Å². The van der Waals surface area contributed by atoms with E-state index in [1.807, 2.05) is 0 Å². The quantitative estimate of drug-likeness (QED) is 0.842. The summed E-state index contributed by atoms with van der Waals surface area (Å²) in [6.45, 7) is 0. The Morgan fingerprint density at radius 1 is 1.50 bits per heavy atom. The molecule has 2 aromatic rings. The second-order valence-electron chi connectivity index (χ2n) is 2.91. The summed E-state index contributed by atoms with van der Waals surface area (Å²) < 4.78 is 10.0. The molecule has 0 aromatic carbocycles. The van der Waals surface area contributed by atoms with Crippen LogP contribution in [0.25, 0.3) is 11.5 Å². The normalized spacial score (nSPS) is 10.1. The van der Waals surface area contributed by atoms with Gasteiger partial charge in [-0.3, -0.25) is 0 Å². The minimum absolute atomic E-state index is 0.122. The molecule has 0 aliphatic carbocycles. The number of carboxylic acids is 1. The van der Waals surface area contributed by atoms with Crippen LogP contribution in [0.1, 0.15) is 10.5 Å². The predicted molar refractivity (Wildman–Crippen MR) is 53.2 cm³/mol. The Kier molecular flexibility index (Phi) is 2.55. The Labute approximate surface area is 90.5 Å². The highest BCUT2D eigenvalue weighted by Crippen LogP contribution is 2.24. The summed E-state index contributed by atoms with van der Waals surface area (Å²) in [5.74, 6) is -0.502. The first-order chi connectivity index (χ1) is 7.72. The van der Waals surface area contributed by atoms with Crippen molar-refractivity contribution < 1.29 is 19.1 Å². The van der Waals surface area contributed by atoms with Crippen LogP contribution in [0.2, 0.25) is 0 Å². The number of oxazole rings is 1. The van der Waals surface area contributed by atoms with Gasteiger partial charge in [0.15, 0.2) is 5.69 Å². The maximum atomic E-state index is 10.9. The standard InChI is InChI=1S/C10H8N2O4/c1-15-6-4-7(9-11-2-3-16-9)8(10(13)14)12-5-6/h2-5H,1H3,(H,13,14). The largest absolute Gasteiger partial charge is 0.495 e. The summed E-state index contributed by atoms with van der Waals surface area (Å²) in [7, 11) is 1.47. The predicted octanol–water partition coefficient (Wildman–Crippen LogP) is 1.44. The topological polar surface area (TPSA) is 85.5 Å². The molecule has 16 heavy (non-hydrogen) atoms. The highest BCUT2D eigenvalue weighted by molar-refractivity contribution is 5.92. The zero-order valence-electron chi connectivity index (χ0n) is 8.38. The molecular weight excluding hydrogens is 212 g/mol. The number of carbonyl (C=O) groups is 1. The third-order valence-corrected chi connectivity index (χ3v) is 1.96. The monoisotopic (exact) mass is 220 g/mol. The van der Waals surface area contributed by atoms with Crippen molar-refractivity contribution in [3.05, 3.63) is 30.4 Å². The van der Waals surface area contributed by atoms with Crippen molar-refractivity contribution in [2.45, 2.75) is 0 Å². The number of aromatic nitrogens is 2. The van der Waals surface area contributed by atoms with E-state index >= 15 is 0 Å². The van der Waals surface area contributed by atoms with E-state index in [2.05, 4.69) is 9.97 Å². The summed E-state index contributed by atoms with van der Waals surface area (Å²) in [6.07, 6.45) is 4.12. The minimum Gasteiger partial charge on any atom is -0.495 e. The van der Waals surface area contributed by atoms with Crippen molar-refractivity contribution in [2.75, 3.05) is 7.11 Å².